The second-order valence-corrected chi connectivity index (χ2v) is 6.30. The number of sulfone groups is 1. The van der Waals surface area contributed by atoms with E-state index in [0.29, 0.717) is 5.56 Å². The first kappa shape index (κ1) is 16.3. The highest BCUT2D eigenvalue weighted by molar-refractivity contribution is 7.95. The van der Waals surface area contributed by atoms with Crippen LogP contribution in [0, 0.1) is 20.2 Å². The molecule has 0 N–H and O–H groups in total. The minimum absolute atomic E-state index is 0.307. The quantitative estimate of drug-likeness (QED) is 0.612. The summed E-state index contributed by atoms with van der Waals surface area (Å²) in [4.78, 5) is 19.7. The van der Waals surface area contributed by atoms with E-state index in [9.17, 15) is 28.6 Å². The standard InChI is InChI=1S/C14H10N2O6S/c17-15(18)12-6-8-13(9-7-12)23(21,22)14(16(19)20)10-11-4-2-1-3-5-11/h1-10H/b14-10-. The Morgan fingerprint density at radius 3 is 1.96 bits per heavy atom. The zero-order chi connectivity index (χ0) is 17.0. The van der Waals surface area contributed by atoms with Gasteiger partial charge in [0, 0.05) is 18.2 Å². The summed E-state index contributed by atoms with van der Waals surface area (Å²) >= 11 is 0. The summed E-state index contributed by atoms with van der Waals surface area (Å²) in [6, 6.07) is 11.9. The fourth-order valence-corrected chi connectivity index (χ4v) is 3.01. The molecule has 8 nitrogen and oxygen atoms in total. The van der Waals surface area contributed by atoms with Gasteiger partial charge in [-0.2, -0.15) is 0 Å². The van der Waals surface area contributed by atoms with E-state index in [-0.39, 0.29) is 10.6 Å². The number of nitrogens with zero attached hydrogens (tertiary/aromatic N) is 2. The fraction of sp³-hybridized carbons (Fsp3) is 0. The van der Waals surface area contributed by atoms with Crippen molar-refractivity contribution in [1.29, 1.82) is 0 Å². The van der Waals surface area contributed by atoms with Gasteiger partial charge in [0.25, 0.3) is 15.5 Å². The van der Waals surface area contributed by atoms with E-state index in [1.54, 1.807) is 18.2 Å². The molecule has 0 spiro atoms. The molecule has 2 aromatic carbocycles. The Hall–Kier alpha value is -3.07. The largest absolute Gasteiger partial charge is 0.364 e. The molecule has 23 heavy (non-hydrogen) atoms. The normalized spacial score (nSPS) is 11.9. The van der Waals surface area contributed by atoms with Crippen molar-refractivity contribution in [2.75, 3.05) is 0 Å². The van der Waals surface area contributed by atoms with Crippen LogP contribution in [-0.2, 0) is 9.84 Å². The number of nitro benzene ring substituents is 1. The predicted octanol–water partition coefficient (Wildman–Crippen LogP) is 2.64. The third kappa shape index (κ3) is 3.58. The highest BCUT2D eigenvalue weighted by Gasteiger charge is 2.31. The fourth-order valence-electron chi connectivity index (χ4n) is 1.79. The van der Waals surface area contributed by atoms with Gasteiger partial charge in [0.05, 0.1) is 14.7 Å². The highest BCUT2D eigenvalue weighted by Crippen LogP contribution is 2.24. The van der Waals surface area contributed by atoms with E-state index in [1.165, 1.54) is 12.1 Å². The highest BCUT2D eigenvalue weighted by atomic mass is 32.2. The van der Waals surface area contributed by atoms with E-state index >= 15 is 0 Å². The first-order chi connectivity index (χ1) is 10.8. The average Bonchev–Trinajstić information content (AvgIpc) is 2.53. The maximum Gasteiger partial charge on any atom is 0.364 e. The van der Waals surface area contributed by atoms with Crippen molar-refractivity contribution in [3.63, 3.8) is 0 Å². The maximum absolute atomic E-state index is 12.4. The Bertz CT molecular complexity index is 873. The monoisotopic (exact) mass is 334 g/mol. The van der Waals surface area contributed by atoms with E-state index in [0.717, 1.165) is 30.3 Å². The van der Waals surface area contributed by atoms with Crippen molar-refractivity contribution in [3.8, 4) is 0 Å². The van der Waals surface area contributed by atoms with E-state index in [4.69, 9.17) is 0 Å². The summed E-state index contributed by atoms with van der Waals surface area (Å²) in [6.07, 6.45) is 0.941. The van der Waals surface area contributed by atoms with Gasteiger partial charge in [0.2, 0.25) is 0 Å². The van der Waals surface area contributed by atoms with E-state index in [1.807, 2.05) is 0 Å². The summed E-state index contributed by atoms with van der Waals surface area (Å²) < 4.78 is 24.8. The number of hydrogen-bond donors (Lipinski definition) is 0. The molecule has 2 aromatic rings. The molecule has 0 unspecified atom stereocenters. The second-order valence-electron chi connectivity index (χ2n) is 4.40. The number of benzene rings is 2. The Morgan fingerprint density at radius 1 is 0.913 bits per heavy atom. The lowest BCUT2D eigenvalue weighted by atomic mass is 10.2. The molecular formula is C14H10N2O6S. The molecule has 118 valence electrons. The molecule has 0 saturated carbocycles. The third-order valence-electron chi connectivity index (χ3n) is 2.90. The van der Waals surface area contributed by atoms with Gasteiger partial charge in [-0.15, -0.1) is 0 Å². The van der Waals surface area contributed by atoms with Crippen LogP contribution in [-0.4, -0.2) is 18.3 Å². The van der Waals surface area contributed by atoms with Crippen LogP contribution in [0.15, 0.2) is 64.5 Å². The number of non-ortho nitro benzene ring substituents is 1. The Labute approximate surface area is 130 Å². The molecular weight excluding hydrogens is 324 g/mol. The molecule has 0 aliphatic rings. The van der Waals surface area contributed by atoms with Crippen LogP contribution >= 0.6 is 0 Å². The molecule has 0 aliphatic carbocycles. The predicted molar refractivity (Wildman–Crippen MR) is 81.7 cm³/mol. The Balaban J connectivity index is 2.52. The summed E-state index contributed by atoms with van der Waals surface area (Å²) in [5.41, 5.74) is 0.0447. The average molecular weight is 334 g/mol. The number of hydrogen-bond acceptors (Lipinski definition) is 6. The van der Waals surface area contributed by atoms with Gasteiger partial charge in [-0.25, -0.2) is 8.42 Å². The zero-order valence-electron chi connectivity index (χ0n) is 11.5. The first-order valence-electron chi connectivity index (χ1n) is 6.23. The molecule has 2 rings (SSSR count). The van der Waals surface area contributed by atoms with Crippen molar-refractivity contribution < 1.29 is 18.3 Å². The molecule has 0 heterocycles. The smallest absolute Gasteiger partial charge is 0.258 e. The van der Waals surface area contributed by atoms with Crippen LogP contribution in [0.1, 0.15) is 5.56 Å². The van der Waals surface area contributed by atoms with Crippen molar-refractivity contribution in [3.05, 3.63) is 85.4 Å². The SMILES string of the molecule is O=[N+]([O-])/C(=C/c1ccccc1)S(=O)(=O)c1ccc([N+](=O)[O-])cc1. The molecule has 0 saturated heterocycles. The maximum atomic E-state index is 12.4. The second kappa shape index (κ2) is 6.36. The van der Waals surface area contributed by atoms with Gasteiger partial charge in [-0.05, 0) is 17.7 Å². The summed E-state index contributed by atoms with van der Waals surface area (Å²) in [5, 5.41) is 20.7. The van der Waals surface area contributed by atoms with Crippen molar-refractivity contribution in [2.24, 2.45) is 0 Å². The van der Waals surface area contributed by atoms with Crippen LogP contribution in [0.3, 0.4) is 0 Å². The topological polar surface area (TPSA) is 120 Å². The summed E-state index contributed by atoms with van der Waals surface area (Å²) in [6.45, 7) is 0. The molecule has 0 fully saturated rings. The number of rotatable bonds is 5. The molecule has 9 heteroatoms. The third-order valence-corrected chi connectivity index (χ3v) is 4.61. The van der Waals surface area contributed by atoms with Gasteiger partial charge in [0.1, 0.15) is 0 Å². The lowest BCUT2D eigenvalue weighted by molar-refractivity contribution is -0.410. The molecule has 0 aliphatic heterocycles. The minimum Gasteiger partial charge on any atom is -0.258 e. The molecule has 0 atom stereocenters. The molecule has 0 radical (unpaired) electrons. The Morgan fingerprint density at radius 2 is 1.48 bits per heavy atom. The van der Waals surface area contributed by atoms with E-state index in [2.05, 4.69) is 0 Å². The van der Waals surface area contributed by atoms with Crippen LogP contribution in [0.25, 0.3) is 6.08 Å². The molecule has 0 amide bonds. The van der Waals surface area contributed by atoms with Gasteiger partial charge in [0.15, 0.2) is 0 Å². The Kier molecular flexibility index (Phi) is 4.51. The van der Waals surface area contributed by atoms with Gasteiger partial charge in [-0.3, -0.25) is 20.2 Å². The van der Waals surface area contributed by atoms with Gasteiger partial charge >= 0.3 is 5.03 Å². The van der Waals surface area contributed by atoms with Crippen molar-refractivity contribution in [1.82, 2.24) is 0 Å². The van der Waals surface area contributed by atoms with Crippen molar-refractivity contribution in [2.45, 2.75) is 4.90 Å². The lowest BCUT2D eigenvalue weighted by Crippen LogP contribution is -2.12. The summed E-state index contributed by atoms with van der Waals surface area (Å²) in [7, 11) is -4.40. The van der Waals surface area contributed by atoms with Crippen LogP contribution in [0.2, 0.25) is 0 Å². The molecule has 0 bridgehead atoms. The van der Waals surface area contributed by atoms with Crippen molar-refractivity contribution >= 4 is 21.6 Å². The van der Waals surface area contributed by atoms with Crippen LogP contribution in [0.4, 0.5) is 5.69 Å². The zero-order valence-corrected chi connectivity index (χ0v) is 12.3. The summed E-state index contributed by atoms with van der Waals surface area (Å²) in [5.74, 6) is 0. The van der Waals surface area contributed by atoms with Crippen LogP contribution < -0.4 is 0 Å². The lowest BCUT2D eigenvalue weighted by Gasteiger charge is -2.02. The van der Waals surface area contributed by atoms with Gasteiger partial charge in [-0.1, -0.05) is 30.3 Å². The number of nitro groups is 2. The molecule has 0 aromatic heterocycles. The first-order valence-corrected chi connectivity index (χ1v) is 7.71. The van der Waals surface area contributed by atoms with Gasteiger partial charge < -0.3 is 0 Å². The van der Waals surface area contributed by atoms with E-state index < -0.39 is 24.7 Å². The van der Waals surface area contributed by atoms with Crippen LogP contribution in [0.5, 0.6) is 0 Å². The minimum atomic E-state index is -4.40.